The lowest BCUT2D eigenvalue weighted by Gasteiger charge is -2.27. The summed E-state index contributed by atoms with van der Waals surface area (Å²) in [5.41, 5.74) is 32.5. The van der Waals surface area contributed by atoms with Crippen molar-refractivity contribution in [3.05, 3.63) is 484 Å². The van der Waals surface area contributed by atoms with E-state index in [9.17, 15) is 0 Å². The number of ether oxygens (including phenoxy) is 1. The zero-order valence-electron chi connectivity index (χ0n) is 67.4. The average molecular weight is 1530 g/mol. The van der Waals surface area contributed by atoms with Crippen LogP contribution in [0.15, 0.2) is 473 Å². The molecule has 0 amide bonds. The van der Waals surface area contributed by atoms with Gasteiger partial charge >= 0.3 is 0 Å². The summed E-state index contributed by atoms with van der Waals surface area (Å²) in [6.45, 7) is 8.96. The smallest absolute Gasteiger partial charge is 0.127 e. The highest BCUT2D eigenvalue weighted by atomic mass is 16.5. The predicted molar refractivity (Wildman–Crippen MR) is 504 cm³/mol. The summed E-state index contributed by atoms with van der Waals surface area (Å²) in [6.07, 6.45) is 0. The van der Waals surface area contributed by atoms with Gasteiger partial charge in [0, 0.05) is 68.2 Å². The van der Waals surface area contributed by atoms with E-state index in [1.807, 2.05) is 48.5 Å². The van der Waals surface area contributed by atoms with Gasteiger partial charge in [0.2, 0.25) is 0 Å². The van der Waals surface area contributed by atoms with E-state index in [0.717, 1.165) is 90.9 Å². The van der Waals surface area contributed by atoms with Gasteiger partial charge in [-0.05, 0) is 271 Å². The Morgan fingerprint density at radius 2 is 0.261 bits per heavy atom. The van der Waals surface area contributed by atoms with Crippen LogP contribution in [0.25, 0.3) is 77.9 Å². The second-order valence-corrected chi connectivity index (χ2v) is 30.5. The number of nitrogens with zero attached hydrogens (tertiary/aromatic N) is 4. The SMILES string of the molecule is CC(C)c1ccc(-c2ccc(N(c3ccc(-c4ccc(C(C)C)cc4)cc3)c3ccc(-c4ccc(N(c5ccc(-c6ccccc6)cc5)c5ccc(-c6ccccc6)cc5)cc4)cc3)cc2)cc1.c1ccc(-c2ccc(N(c3ccc(Oc4ccc(N(c5ccccc5)c5ccccc5)cc4)cc3)c3ccc(-c4ccccc4)cc3)cc2)cc1. The second-order valence-electron chi connectivity index (χ2n) is 30.5. The van der Waals surface area contributed by atoms with Crippen molar-refractivity contribution < 1.29 is 4.74 Å². The molecule has 0 N–H and O–H groups in total. The van der Waals surface area contributed by atoms with Crippen LogP contribution in [-0.4, -0.2) is 0 Å². The first kappa shape index (κ1) is 76.6. The highest BCUT2D eigenvalue weighted by Gasteiger charge is 2.20. The van der Waals surface area contributed by atoms with E-state index < -0.39 is 0 Å². The Labute approximate surface area is 701 Å². The van der Waals surface area contributed by atoms with Crippen molar-refractivity contribution in [1.29, 1.82) is 0 Å². The van der Waals surface area contributed by atoms with Crippen LogP contribution in [0.5, 0.6) is 11.5 Å². The summed E-state index contributed by atoms with van der Waals surface area (Å²) in [5, 5.41) is 0. The number of benzene rings is 18. The molecule has 0 atom stereocenters. The molecule has 0 unspecified atom stereocenters. The van der Waals surface area contributed by atoms with Crippen LogP contribution in [0.1, 0.15) is 50.7 Å². The van der Waals surface area contributed by atoms with Crippen LogP contribution >= 0.6 is 0 Å². The van der Waals surface area contributed by atoms with Gasteiger partial charge in [-0.3, -0.25) is 0 Å². The molecule has 0 fully saturated rings. The highest BCUT2D eigenvalue weighted by Crippen LogP contribution is 2.44. The molecule has 0 saturated carbocycles. The van der Waals surface area contributed by atoms with Gasteiger partial charge in [-0.1, -0.05) is 331 Å². The van der Waals surface area contributed by atoms with Gasteiger partial charge in [-0.25, -0.2) is 0 Å². The van der Waals surface area contributed by atoms with Crippen LogP contribution in [0, 0.1) is 0 Å². The highest BCUT2D eigenvalue weighted by molar-refractivity contribution is 5.86. The normalized spacial score (nSPS) is 11.0. The molecule has 0 bridgehead atoms. The number of rotatable bonds is 23. The Balaban J connectivity index is 0.000000177. The van der Waals surface area contributed by atoms with Crippen molar-refractivity contribution >= 4 is 68.2 Å². The topological polar surface area (TPSA) is 22.2 Å². The summed E-state index contributed by atoms with van der Waals surface area (Å²) in [7, 11) is 0. The van der Waals surface area contributed by atoms with E-state index in [0.29, 0.717) is 11.8 Å². The van der Waals surface area contributed by atoms with Crippen molar-refractivity contribution in [2.45, 2.75) is 39.5 Å². The third-order valence-electron chi connectivity index (χ3n) is 22.0. The van der Waals surface area contributed by atoms with E-state index in [4.69, 9.17) is 4.74 Å². The first-order valence-electron chi connectivity index (χ1n) is 41.0. The molecule has 18 aromatic rings. The molecule has 0 radical (unpaired) electrons. The van der Waals surface area contributed by atoms with E-state index in [1.54, 1.807) is 0 Å². The minimum atomic E-state index is 0.505. The fourth-order valence-corrected chi connectivity index (χ4v) is 15.5. The summed E-state index contributed by atoms with van der Waals surface area (Å²) < 4.78 is 6.36. The molecule has 119 heavy (non-hydrogen) atoms. The van der Waals surface area contributed by atoms with Gasteiger partial charge in [0.15, 0.2) is 0 Å². The van der Waals surface area contributed by atoms with Crippen LogP contribution in [0.4, 0.5) is 68.2 Å². The van der Waals surface area contributed by atoms with Gasteiger partial charge in [0.25, 0.3) is 0 Å². The van der Waals surface area contributed by atoms with Crippen LogP contribution < -0.4 is 24.3 Å². The van der Waals surface area contributed by atoms with E-state index in [-0.39, 0.29) is 0 Å². The molecule has 18 rings (SSSR count). The average Bonchev–Trinajstić information content (AvgIpc) is 0.796. The first-order valence-corrected chi connectivity index (χ1v) is 41.0. The van der Waals surface area contributed by atoms with Crippen LogP contribution in [0.3, 0.4) is 0 Å². The Hall–Kier alpha value is -15.0. The minimum absolute atomic E-state index is 0.505. The Bertz CT molecular complexity index is 5920. The molecule has 0 aromatic heterocycles. The molecule has 5 nitrogen and oxygen atoms in total. The zero-order valence-corrected chi connectivity index (χ0v) is 67.4. The molecule has 0 aliphatic rings. The Kier molecular flexibility index (Phi) is 23.3. The Morgan fingerprint density at radius 1 is 0.134 bits per heavy atom. The number of anilines is 12. The van der Waals surface area contributed by atoms with Gasteiger partial charge in [0.05, 0.1) is 0 Å². The van der Waals surface area contributed by atoms with Crippen LogP contribution in [-0.2, 0) is 0 Å². The summed E-state index contributed by atoms with van der Waals surface area (Å²) in [5.74, 6) is 2.56. The summed E-state index contributed by atoms with van der Waals surface area (Å²) in [6, 6.07) is 169. The lowest BCUT2D eigenvalue weighted by molar-refractivity contribution is 0.483. The monoisotopic (exact) mass is 1530 g/mol. The summed E-state index contributed by atoms with van der Waals surface area (Å²) >= 11 is 0. The third-order valence-corrected chi connectivity index (χ3v) is 22.0. The molecule has 0 heterocycles. The maximum atomic E-state index is 6.36. The van der Waals surface area contributed by atoms with Crippen molar-refractivity contribution in [1.82, 2.24) is 0 Å². The van der Waals surface area contributed by atoms with Gasteiger partial charge in [-0.15, -0.1) is 0 Å². The summed E-state index contributed by atoms with van der Waals surface area (Å²) in [4.78, 5) is 9.22. The van der Waals surface area contributed by atoms with Gasteiger partial charge in [0.1, 0.15) is 11.5 Å². The lowest BCUT2D eigenvalue weighted by atomic mass is 9.98. The third kappa shape index (κ3) is 18.1. The van der Waals surface area contributed by atoms with E-state index in [1.165, 1.54) is 77.9 Å². The molecule has 574 valence electrons. The van der Waals surface area contributed by atoms with E-state index >= 15 is 0 Å². The zero-order chi connectivity index (χ0) is 80.6. The van der Waals surface area contributed by atoms with Crippen LogP contribution in [0.2, 0.25) is 0 Å². The largest absolute Gasteiger partial charge is 0.457 e. The molecule has 5 heteroatoms. The molecule has 0 saturated heterocycles. The predicted octanol–water partition coefficient (Wildman–Crippen LogP) is 33.0. The molecular weight excluding hydrogens is 1440 g/mol. The maximum absolute atomic E-state index is 6.36. The fourth-order valence-electron chi connectivity index (χ4n) is 15.5. The number of hydrogen-bond donors (Lipinski definition) is 0. The first-order chi connectivity index (χ1) is 58.6. The number of para-hydroxylation sites is 2. The van der Waals surface area contributed by atoms with Gasteiger partial charge < -0.3 is 24.3 Å². The quantitative estimate of drug-likeness (QED) is 0.0635. The van der Waals surface area contributed by atoms with E-state index in [2.05, 4.69) is 472 Å². The molecule has 0 spiro atoms. The second kappa shape index (κ2) is 36.2. The Morgan fingerprint density at radius 3 is 0.420 bits per heavy atom. The lowest BCUT2D eigenvalue weighted by Crippen LogP contribution is -2.10. The molecule has 18 aromatic carbocycles. The van der Waals surface area contributed by atoms with Crippen molar-refractivity contribution in [2.24, 2.45) is 0 Å². The molecular formula is C114H92N4O. The van der Waals surface area contributed by atoms with Crippen molar-refractivity contribution in [3.63, 3.8) is 0 Å². The fraction of sp³-hybridized carbons (Fsp3) is 0.0526. The number of hydrogen-bond acceptors (Lipinski definition) is 5. The minimum Gasteiger partial charge on any atom is -0.457 e. The van der Waals surface area contributed by atoms with Gasteiger partial charge in [-0.2, -0.15) is 0 Å². The standard InChI is InChI=1S/C66H56N2.C48H36N2O/c1-47(2)49-15-19-53(20-16-49)57-27-39-63(40-28-57)68(64-41-29-58(30-42-64)54-21-17-50(18-22-54)48(3)4)66-45-33-60(34-46-66)59-31-43-65(44-32-59)67(61-35-23-55(24-36-61)51-11-7-5-8-12-51)62-37-25-56(26-38-62)52-13-9-6-10-14-52;1-5-13-37(14-6-1)39-21-25-43(26-22-39)50(44-27-23-40(24-28-44)38-15-7-2-8-16-38)46-31-35-48(36-32-46)51-47-33-29-45(30-34-47)49(41-17-9-3-10-18-41)42-19-11-4-12-20-42/h5-48H,1-4H3;1-36H. The van der Waals surface area contributed by atoms with Crippen molar-refractivity contribution in [3.8, 4) is 89.4 Å². The molecule has 0 aliphatic heterocycles. The molecule has 0 aliphatic carbocycles. The maximum Gasteiger partial charge on any atom is 0.127 e. The van der Waals surface area contributed by atoms with Crippen molar-refractivity contribution in [2.75, 3.05) is 19.6 Å².